The molecule has 2 aliphatic rings. The first-order valence-corrected chi connectivity index (χ1v) is 13.8. The molecule has 0 atom stereocenters. The van der Waals surface area contributed by atoms with E-state index in [9.17, 15) is 0 Å². The van der Waals surface area contributed by atoms with Gasteiger partial charge in [0.1, 0.15) is 6.33 Å². The van der Waals surface area contributed by atoms with Gasteiger partial charge in [0.05, 0.1) is 27.8 Å². The molecular weight excluding hydrogens is 484 g/mol. The minimum absolute atomic E-state index is 0.255. The number of hydrogen-bond donors (Lipinski definition) is 2. The summed E-state index contributed by atoms with van der Waals surface area (Å²) >= 11 is 1.57. The first-order chi connectivity index (χ1) is 18.1. The van der Waals surface area contributed by atoms with Crippen LogP contribution in [0.4, 0.5) is 17.6 Å². The Morgan fingerprint density at radius 3 is 2.73 bits per heavy atom. The number of nitrogens with two attached hydrogens (primary N) is 1. The fourth-order valence-electron chi connectivity index (χ4n) is 5.25. The van der Waals surface area contributed by atoms with Crippen LogP contribution in [0.25, 0.3) is 22.1 Å². The molecule has 1 aliphatic carbocycles. The Kier molecular flexibility index (Phi) is 6.81. The first kappa shape index (κ1) is 24.0. The Hall–Kier alpha value is -3.41. The quantitative estimate of drug-likeness (QED) is 0.378. The molecule has 0 unspecified atom stereocenters. The standard InChI is InChI=1S/C26H32N10S/c1-18-16-37-23-22(18)29-17-30-24(23)36-25(27)32-26(33-36)31-20-9-8-19(28-15-20)5-4-10-34-11-13-35(14-12-34)21-6-2-3-7-21/h4-5,8-9,15-17,21H,2-3,6-7,10-14H2,1H3,(H3,27,31,32,33)/b5-4+. The van der Waals surface area contributed by atoms with Crippen molar-refractivity contribution in [2.45, 2.75) is 38.6 Å². The average Bonchev–Trinajstić information content (AvgIpc) is 3.67. The van der Waals surface area contributed by atoms with E-state index < -0.39 is 0 Å². The molecule has 0 radical (unpaired) electrons. The van der Waals surface area contributed by atoms with Crippen LogP contribution < -0.4 is 11.1 Å². The van der Waals surface area contributed by atoms with E-state index in [1.807, 2.05) is 24.4 Å². The number of aromatic nitrogens is 6. The van der Waals surface area contributed by atoms with E-state index in [4.69, 9.17) is 5.73 Å². The molecule has 3 N–H and O–H groups in total. The monoisotopic (exact) mass is 516 g/mol. The minimum Gasteiger partial charge on any atom is -0.368 e. The molecule has 11 heteroatoms. The van der Waals surface area contributed by atoms with Gasteiger partial charge in [-0.2, -0.15) is 9.67 Å². The topological polar surface area (TPSA) is 114 Å². The third-order valence-corrected chi connectivity index (χ3v) is 8.37. The SMILES string of the molecule is Cc1csc2c(-n3nc(Nc4ccc(/C=C/CN5CCN(C6CCCC6)CC5)nc4)nc3N)ncnc12. The van der Waals surface area contributed by atoms with E-state index in [0.717, 1.165) is 52.8 Å². The Bertz CT molecular complexity index is 1380. The molecule has 5 heterocycles. The van der Waals surface area contributed by atoms with Crippen molar-refractivity contribution in [3.8, 4) is 5.82 Å². The lowest BCUT2D eigenvalue weighted by Gasteiger charge is -2.37. The van der Waals surface area contributed by atoms with Gasteiger partial charge in [-0.15, -0.1) is 16.4 Å². The van der Waals surface area contributed by atoms with Crippen LogP contribution in [-0.4, -0.2) is 78.3 Å². The first-order valence-electron chi connectivity index (χ1n) is 12.9. The summed E-state index contributed by atoms with van der Waals surface area (Å²) in [5, 5.41) is 9.76. The number of nitrogens with zero attached hydrogens (tertiary/aromatic N) is 8. The third kappa shape index (κ3) is 5.20. The van der Waals surface area contributed by atoms with Gasteiger partial charge in [0.15, 0.2) is 5.82 Å². The molecule has 0 aromatic carbocycles. The molecule has 1 saturated carbocycles. The summed E-state index contributed by atoms with van der Waals surface area (Å²) < 4.78 is 2.47. The van der Waals surface area contributed by atoms with Crippen molar-refractivity contribution in [1.29, 1.82) is 0 Å². The van der Waals surface area contributed by atoms with Crippen molar-refractivity contribution < 1.29 is 0 Å². The lowest BCUT2D eigenvalue weighted by Crippen LogP contribution is -2.49. The van der Waals surface area contributed by atoms with E-state index in [0.29, 0.717) is 11.8 Å². The van der Waals surface area contributed by atoms with Gasteiger partial charge in [-0.25, -0.2) is 9.97 Å². The van der Waals surface area contributed by atoms with Gasteiger partial charge in [0, 0.05) is 38.8 Å². The molecular formula is C26H32N10S. The number of anilines is 3. The number of pyridine rings is 1. The highest BCUT2D eigenvalue weighted by molar-refractivity contribution is 7.17. The summed E-state index contributed by atoms with van der Waals surface area (Å²) in [6.07, 6.45) is 13.2. The summed E-state index contributed by atoms with van der Waals surface area (Å²) in [7, 11) is 0. The normalized spacial score (nSPS) is 17.9. The molecule has 0 bridgehead atoms. The second-order valence-corrected chi connectivity index (χ2v) is 10.7. The molecule has 10 nitrogen and oxygen atoms in total. The molecule has 0 amide bonds. The molecule has 192 valence electrons. The highest BCUT2D eigenvalue weighted by atomic mass is 32.1. The number of nitrogens with one attached hydrogen (secondary N) is 1. The molecule has 1 saturated heterocycles. The Labute approximate surface area is 220 Å². The Balaban J connectivity index is 1.05. The van der Waals surface area contributed by atoms with Gasteiger partial charge in [-0.3, -0.25) is 14.8 Å². The maximum atomic E-state index is 6.17. The van der Waals surface area contributed by atoms with Crippen LogP contribution in [0.5, 0.6) is 0 Å². The van der Waals surface area contributed by atoms with Crippen molar-refractivity contribution in [2.75, 3.05) is 43.8 Å². The van der Waals surface area contributed by atoms with Crippen LogP contribution in [0.3, 0.4) is 0 Å². The van der Waals surface area contributed by atoms with E-state index in [-0.39, 0.29) is 5.95 Å². The van der Waals surface area contributed by atoms with Crippen molar-refractivity contribution in [3.63, 3.8) is 0 Å². The second-order valence-electron chi connectivity index (χ2n) is 9.77. The van der Waals surface area contributed by atoms with Crippen molar-refractivity contribution in [2.24, 2.45) is 0 Å². The smallest absolute Gasteiger partial charge is 0.248 e. The number of aryl methyl sites for hydroxylation is 1. The number of fused-ring (bicyclic) bond motifs is 1. The summed E-state index contributed by atoms with van der Waals surface area (Å²) in [6.45, 7) is 7.66. The number of rotatable bonds is 7. The molecule has 2 fully saturated rings. The number of hydrogen-bond acceptors (Lipinski definition) is 10. The van der Waals surface area contributed by atoms with E-state index >= 15 is 0 Å². The second kappa shape index (κ2) is 10.5. The largest absolute Gasteiger partial charge is 0.368 e. The highest BCUT2D eigenvalue weighted by Crippen LogP contribution is 2.29. The molecule has 0 spiro atoms. The Morgan fingerprint density at radius 1 is 1.11 bits per heavy atom. The zero-order valence-electron chi connectivity index (χ0n) is 21.0. The van der Waals surface area contributed by atoms with Crippen LogP contribution in [0.15, 0.2) is 36.1 Å². The lowest BCUT2D eigenvalue weighted by molar-refractivity contribution is 0.105. The van der Waals surface area contributed by atoms with Gasteiger partial charge in [0.2, 0.25) is 11.9 Å². The maximum absolute atomic E-state index is 6.17. The minimum atomic E-state index is 0.255. The van der Waals surface area contributed by atoms with Gasteiger partial charge < -0.3 is 11.1 Å². The van der Waals surface area contributed by atoms with Crippen LogP contribution in [0.2, 0.25) is 0 Å². The zero-order valence-corrected chi connectivity index (χ0v) is 21.9. The summed E-state index contributed by atoms with van der Waals surface area (Å²) in [4.78, 5) is 22.9. The van der Waals surface area contributed by atoms with Gasteiger partial charge in [0.25, 0.3) is 0 Å². The van der Waals surface area contributed by atoms with Crippen LogP contribution >= 0.6 is 11.3 Å². The van der Waals surface area contributed by atoms with Gasteiger partial charge in [-0.05, 0) is 48.9 Å². The maximum Gasteiger partial charge on any atom is 0.248 e. The lowest BCUT2D eigenvalue weighted by atomic mass is 10.2. The average molecular weight is 517 g/mol. The molecule has 6 rings (SSSR count). The van der Waals surface area contributed by atoms with E-state index in [1.54, 1.807) is 22.2 Å². The predicted molar refractivity (Wildman–Crippen MR) is 148 cm³/mol. The third-order valence-electron chi connectivity index (χ3n) is 7.29. The predicted octanol–water partition coefficient (Wildman–Crippen LogP) is 3.87. The zero-order chi connectivity index (χ0) is 25.2. The molecule has 4 aromatic heterocycles. The Morgan fingerprint density at radius 2 is 1.95 bits per heavy atom. The molecule has 1 aliphatic heterocycles. The summed E-state index contributed by atoms with van der Waals surface area (Å²) in [5.74, 6) is 1.27. The molecule has 4 aromatic rings. The number of thiophene rings is 1. The van der Waals surface area contributed by atoms with Crippen molar-refractivity contribution >= 4 is 45.2 Å². The number of piperazine rings is 1. The van der Waals surface area contributed by atoms with E-state index in [2.05, 4.69) is 52.3 Å². The van der Waals surface area contributed by atoms with Crippen molar-refractivity contribution in [1.82, 2.24) is 39.5 Å². The fraction of sp³-hybridized carbons (Fsp3) is 0.423. The van der Waals surface area contributed by atoms with Crippen LogP contribution in [-0.2, 0) is 0 Å². The van der Waals surface area contributed by atoms with Gasteiger partial charge >= 0.3 is 0 Å². The van der Waals surface area contributed by atoms with E-state index in [1.165, 1.54) is 45.1 Å². The highest BCUT2D eigenvalue weighted by Gasteiger charge is 2.25. The van der Waals surface area contributed by atoms with Crippen LogP contribution in [0.1, 0.15) is 36.9 Å². The fourth-order valence-corrected chi connectivity index (χ4v) is 6.23. The number of nitrogen functional groups attached to an aromatic ring is 1. The summed E-state index contributed by atoms with van der Waals surface area (Å²) in [6, 6.07) is 4.79. The molecule has 37 heavy (non-hydrogen) atoms. The van der Waals surface area contributed by atoms with Crippen molar-refractivity contribution in [3.05, 3.63) is 47.4 Å². The summed E-state index contributed by atoms with van der Waals surface area (Å²) in [5.41, 5.74) is 9.88. The van der Waals surface area contributed by atoms with Gasteiger partial charge in [-0.1, -0.05) is 18.9 Å². The van der Waals surface area contributed by atoms with Crippen LogP contribution in [0, 0.1) is 6.92 Å².